The quantitative estimate of drug-likeness (QED) is 0.0458. The van der Waals surface area contributed by atoms with E-state index < -0.39 is 66.4 Å². The molecule has 13 nitrogen and oxygen atoms in total. The molecule has 0 unspecified atom stereocenters. The summed E-state index contributed by atoms with van der Waals surface area (Å²) in [7, 11) is 0. The van der Waals surface area contributed by atoms with Crippen molar-refractivity contribution < 1.29 is 38.6 Å². The van der Waals surface area contributed by atoms with E-state index in [9.17, 15) is 33.9 Å². The predicted molar refractivity (Wildman–Crippen MR) is 266 cm³/mol. The van der Waals surface area contributed by atoms with Gasteiger partial charge in [-0.15, -0.1) is 0 Å². The number of carboxylic acid groups (broad SMARTS) is 1. The van der Waals surface area contributed by atoms with Gasteiger partial charge in [0.25, 0.3) is 0 Å². The van der Waals surface area contributed by atoms with Crippen LogP contribution in [0, 0.1) is 5.92 Å². The number of fused-ring (bicyclic) bond motifs is 3. The Hall–Kier alpha value is -5.02. The Balaban J connectivity index is 1.27. The second-order valence-electron chi connectivity index (χ2n) is 17.9. The smallest absolute Gasteiger partial charge is 0.407 e. The van der Waals surface area contributed by atoms with Gasteiger partial charge in [-0.3, -0.25) is 19.2 Å². The van der Waals surface area contributed by atoms with Crippen LogP contribution in [0.4, 0.5) is 4.79 Å². The van der Waals surface area contributed by atoms with Crippen molar-refractivity contribution >= 4 is 59.2 Å². The van der Waals surface area contributed by atoms with Gasteiger partial charge in [-0.2, -0.15) is 23.5 Å². The third-order valence-corrected chi connectivity index (χ3v) is 13.4. The van der Waals surface area contributed by atoms with Gasteiger partial charge in [0.05, 0.1) is 6.54 Å². The fraction of sp³-hybridized carbons (Fsp3) is 0.529. The summed E-state index contributed by atoms with van der Waals surface area (Å²) in [5, 5.41) is 20.7. The minimum atomic E-state index is -1.16. The first-order valence-corrected chi connectivity index (χ1v) is 25.7. The van der Waals surface area contributed by atoms with E-state index >= 15 is 0 Å². The van der Waals surface area contributed by atoms with Crippen LogP contribution in [0.2, 0.25) is 0 Å². The van der Waals surface area contributed by atoms with Crippen molar-refractivity contribution in [3.8, 4) is 11.1 Å². The Kier molecular flexibility index (Phi) is 22.4. The standard InChI is InChI=1S/C51H71N5O8S2/c1-33(2)15-12-16-35(5)17-13-18-36(6)24-28-66-32-44(50(61)62)54-48(59)45-23-14-26-56(45)49(60)43(29-34(3)4)53-46(57)30-52-47(58)42(25-27-65-7)55-51(63)64-31-41-39-21-10-8-19-37(39)38-20-9-11-22-40(38)41/h8-11,15,17,19-22,24,34,41-45H,12-14,16,18,23,25-32H2,1-7H3,(H,52,58)(H,53,57)(H,54,59)(H,55,63)(H,61,62)/b35-17+,36-24+/t42-,43-,44-,45-/m0/s1. The van der Waals surface area contributed by atoms with Crippen molar-refractivity contribution in [1.29, 1.82) is 0 Å². The van der Waals surface area contributed by atoms with Crippen LogP contribution in [0.15, 0.2) is 83.5 Å². The van der Waals surface area contributed by atoms with Gasteiger partial charge in [-0.1, -0.05) is 97.3 Å². The van der Waals surface area contributed by atoms with Crippen molar-refractivity contribution in [2.75, 3.05) is 43.2 Å². The Morgan fingerprint density at radius 2 is 1.47 bits per heavy atom. The Morgan fingerprint density at radius 3 is 2.09 bits per heavy atom. The van der Waals surface area contributed by atoms with Crippen molar-refractivity contribution in [2.24, 2.45) is 5.92 Å². The molecule has 2 aromatic rings. The van der Waals surface area contributed by atoms with E-state index in [-0.39, 0.29) is 37.2 Å². The van der Waals surface area contributed by atoms with E-state index in [1.807, 2.05) is 68.6 Å². The lowest BCUT2D eigenvalue weighted by Gasteiger charge is -2.30. The minimum Gasteiger partial charge on any atom is -0.480 e. The zero-order valence-electron chi connectivity index (χ0n) is 39.8. The monoisotopic (exact) mass is 945 g/mol. The van der Waals surface area contributed by atoms with Gasteiger partial charge < -0.3 is 36.0 Å². The summed E-state index contributed by atoms with van der Waals surface area (Å²) in [5.41, 5.74) is 8.24. The van der Waals surface area contributed by atoms with Crippen LogP contribution in [-0.2, 0) is 28.7 Å². The molecule has 0 saturated carbocycles. The van der Waals surface area contributed by atoms with Gasteiger partial charge in [-0.05, 0) is 119 Å². The average molecular weight is 946 g/mol. The van der Waals surface area contributed by atoms with Crippen LogP contribution in [0.5, 0.6) is 0 Å². The molecule has 1 aliphatic carbocycles. The van der Waals surface area contributed by atoms with Gasteiger partial charge >= 0.3 is 12.1 Å². The van der Waals surface area contributed by atoms with Crippen LogP contribution in [-0.4, -0.2) is 113 Å². The largest absolute Gasteiger partial charge is 0.480 e. The molecular formula is C51H71N5O8S2. The number of aliphatic carboxylic acids is 1. The first-order chi connectivity index (χ1) is 31.6. The first kappa shape index (κ1) is 53.6. The van der Waals surface area contributed by atoms with Gasteiger partial charge in [0.1, 0.15) is 30.8 Å². The number of rotatable bonds is 26. The number of ether oxygens (including phenoxy) is 1. The molecule has 1 saturated heterocycles. The maximum atomic E-state index is 14.0. The number of thioether (sulfide) groups is 2. The number of nitrogens with one attached hydrogen (secondary N) is 4. The number of hydrogen-bond donors (Lipinski definition) is 5. The number of hydrogen-bond acceptors (Lipinski definition) is 9. The summed E-state index contributed by atoms with van der Waals surface area (Å²) in [6.07, 6.45) is 13.2. The summed E-state index contributed by atoms with van der Waals surface area (Å²) >= 11 is 2.93. The summed E-state index contributed by atoms with van der Waals surface area (Å²) in [6.45, 7) is 12.2. The fourth-order valence-corrected chi connectivity index (χ4v) is 9.66. The normalized spacial score (nSPS) is 16.1. The molecule has 0 aromatic heterocycles. The van der Waals surface area contributed by atoms with Crippen LogP contribution >= 0.6 is 23.5 Å². The number of carbonyl (C=O) groups excluding carboxylic acids is 5. The highest BCUT2D eigenvalue weighted by Gasteiger charge is 2.39. The van der Waals surface area contributed by atoms with Crippen LogP contribution in [0.3, 0.4) is 0 Å². The average Bonchev–Trinajstić information content (AvgIpc) is 3.90. The van der Waals surface area contributed by atoms with Crippen molar-refractivity contribution in [1.82, 2.24) is 26.2 Å². The molecule has 0 radical (unpaired) electrons. The molecule has 1 heterocycles. The van der Waals surface area contributed by atoms with E-state index in [4.69, 9.17) is 4.74 Å². The molecule has 360 valence electrons. The maximum absolute atomic E-state index is 14.0. The molecule has 0 spiro atoms. The van der Waals surface area contributed by atoms with Crippen LogP contribution < -0.4 is 21.3 Å². The topological polar surface area (TPSA) is 183 Å². The highest BCUT2D eigenvalue weighted by Crippen LogP contribution is 2.44. The predicted octanol–water partition coefficient (Wildman–Crippen LogP) is 8.01. The third-order valence-electron chi connectivity index (χ3n) is 11.7. The Morgan fingerprint density at radius 1 is 0.833 bits per heavy atom. The second kappa shape index (κ2) is 27.6. The molecule has 2 aromatic carbocycles. The van der Waals surface area contributed by atoms with E-state index in [1.54, 1.807) is 0 Å². The lowest BCUT2D eigenvalue weighted by Crippen LogP contribution is -2.57. The van der Waals surface area contributed by atoms with E-state index in [1.165, 1.54) is 45.1 Å². The maximum Gasteiger partial charge on any atom is 0.407 e. The number of benzene rings is 2. The van der Waals surface area contributed by atoms with Gasteiger partial charge in [0.2, 0.25) is 23.6 Å². The van der Waals surface area contributed by atoms with Crippen LogP contribution in [0.1, 0.15) is 110 Å². The van der Waals surface area contributed by atoms with E-state index in [2.05, 4.69) is 67.2 Å². The zero-order valence-corrected chi connectivity index (χ0v) is 41.4. The lowest BCUT2D eigenvalue weighted by molar-refractivity contribution is -0.144. The Bertz CT molecular complexity index is 2040. The highest BCUT2D eigenvalue weighted by atomic mass is 32.2. The number of likely N-dealkylation sites (tertiary alicyclic amines) is 1. The summed E-state index contributed by atoms with van der Waals surface area (Å²) < 4.78 is 5.69. The lowest BCUT2D eigenvalue weighted by atomic mass is 9.98. The summed E-state index contributed by atoms with van der Waals surface area (Å²) in [4.78, 5) is 81.1. The van der Waals surface area contributed by atoms with Crippen LogP contribution in [0.25, 0.3) is 11.1 Å². The molecule has 1 fully saturated rings. The molecule has 15 heteroatoms. The number of carboxylic acids is 1. The second-order valence-corrected chi connectivity index (χ2v) is 19.9. The van der Waals surface area contributed by atoms with E-state index in [0.717, 1.165) is 47.9 Å². The van der Waals surface area contributed by atoms with Gasteiger partial charge in [-0.25, -0.2) is 9.59 Å². The number of nitrogens with zero attached hydrogens (tertiary/aromatic N) is 1. The number of alkyl carbamates (subject to hydrolysis) is 1. The molecule has 5 N–H and O–H groups in total. The first-order valence-electron chi connectivity index (χ1n) is 23.1. The van der Waals surface area contributed by atoms with Crippen molar-refractivity contribution in [3.05, 3.63) is 94.6 Å². The fourth-order valence-electron chi connectivity index (χ4n) is 8.19. The molecule has 1 aliphatic heterocycles. The van der Waals surface area contributed by atoms with E-state index in [0.29, 0.717) is 30.8 Å². The molecule has 0 bridgehead atoms. The molecule has 4 rings (SSSR count). The number of carbonyl (C=O) groups is 6. The van der Waals surface area contributed by atoms with Gasteiger partial charge in [0.15, 0.2) is 0 Å². The SMILES string of the molecule is CSCC[C@H](NC(=O)OCC1c2ccccc2-c2ccccc21)C(=O)NCC(=O)N[C@@H](CC(C)C)C(=O)N1CCC[C@H]1C(=O)N[C@@H](CSC/C=C(\C)CC/C=C(\C)CCC=C(C)C)C(=O)O. The van der Waals surface area contributed by atoms with Crippen molar-refractivity contribution in [3.63, 3.8) is 0 Å². The van der Waals surface area contributed by atoms with Gasteiger partial charge in [0, 0.05) is 24.0 Å². The molecule has 66 heavy (non-hydrogen) atoms. The Labute approximate surface area is 400 Å². The summed E-state index contributed by atoms with van der Waals surface area (Å²) in [5.74, 6) is -2.17. The molecule has 2 aliphatic rings. The molecule has 4 atom stereocenters. The number of amides is 5. The zero-order chi connectivity index (χ0) is 48.2. The minimum absolute atomic E-state index is 0.00896. The highest BCUT2D eigenvalue weighted by molar-refractivity contribution is 7.99. The third kappa shape index (κ3) is 17.0. The number of allylic oxidation sites excluding steroid dienone is 5. The molecular weight excluding hydrogens is 875 g/mol. The molecule has 5 amide bonds. The van der Waals surface area contributed by atoms with Crippen molar-refractivity contribution in [2.45, 2.75) is 123 Å². The summed E-state index contributed by atoms with van der Waals surface area (Å²) in [6, 6.07) is 12.0.